The Kier molecular flexibility index (Phi) is 8.05. The minimum atomic E-state index is -0.728. The van der Waals surface area contributed by atoms with E-state index in [0.717, 1.165) is 5.75 Å². The fourth-order valence-corrected chi connectivity index (χ4v) is 3.72. The molecular formula is C28H26N2O7. The molecule has 0 fully saturated rings. The summed E-state index contributed by atoms with van der Waals surface area (Å²) in [6, 6.07) is 23.5. The van der Waals surface area contributed by atoms with Gasteiger partial charge in [-0.15, -0.1) is 0 Å². The molecule has 9 nitrogen and oxygen atoms in total. The van der Waals surface area contributed by atoms with Crippen molar-refractivity contribution in [3.05, 3.63) is 90.1 Å². The van der Waals surface area contributed by atoms with Crippen molar-refractivity contribution < 1.29 is 33.3 Å². The van der Waals surface area contributed by atoms with Crippen molar-refractivity contribution in [2.75, 3.05) is 34.5 Å². The van der Waals surface area contributed by atoms with E-state index >= 15 is 0 Å². The number of para-hydroxylation sites is 2. The van der Waals surface area contributed by atoms with E-state index in [-0.39, 0.29) is 23.6 Å². The van der Waals surface area contributed by atoms with Gasteiger partial charge < -0.3 is 23.7 Å². The number of benzene rings is 3. The molecule has 1 heterocycles. The smallest absolute Gasteiger partial charge is 0.357 e. The molecule has 0 N–H and O–H groups in total. The second-order valence-electron chi connectivity index (χ2n) is 7.68. The lowest BCUT2D eigenvalue weighted by atomic mass is 10.0. The highest BCUT2D eigenvalue weighted by Gasteiger charge is 2.31. The van der Waals surface area contributed by atoms with Crippen LogP contribution in [0.15, 0.2) is 78.9 Å². The van der Waals surface area contributed by atoms with Gasteiger partial charge >= 0.3 is 11.9 Å². The van der Waals surface area contributed by atoms with Crippen LogP contribution in [-0.2, 0) is 9.47 Å². The quantitative estimate of drug-likeness (QED) is 0.230. The van der Waals surface area contributed by atoms with Crippen molar-refractivity contribution in [1.29, 1.82) is 0 Å². The fourth-order valence-electron chi connectivity index (χ4n) is 3.72. The number of rotatable bonds is 10. The summed E-state index contributed by atoms with van der Waals surface area (Å²) in [6.45, 7) is 0.624. The number of aromatic nitrogens is 2. The average molecular weight is 503 g/mol. The molecule has 0 bridgehead atoms. The van der Waals surface area contributed by atoms with Gasteiger partial charge in [-0.2, -0.15) is 5.10 Å². The lowest BCUT2D eigenvalue weighted by molar-refractivity contribution is 0.0549. The molecule has 0 amide bonds. The Morgan fingerprint density at radius 1 is 0.757 bits per heavy atom. The van der Waals surface area contributed by atoms with Gasteiger partial charge in [-0.05, 0) is 42.5 Å². The molecule has 0 aliphatic carbocycles. The molecule has 37 heavy (non-hydrogen) atoms. The van der Waals surface area contributed by atoms with Crippen LogP contribution in [0.1, 0.15) is 20.8 Å². The number of methoxy groups -OCH3 is 3. The Hall–Kier alpha value is -4.79. The van der Waals surface area contributed by atoms with Crippen molar-refractivity contribution in [1.82, 2.24) is 9.78 Å². The Labute approximate surface area is 214 Å². The molecule has 0 saturated carbocycles. The van der Waals surface area contributed by atoms with Crippen LogP contribution in [0.2, 0.25) is 0 Å². The maximum Gasteiger partial charge on any atom is 0.357 e. The predicted molar refractivity (Wildman–Crippen MR) is 136 cm³/mol. The molecule has 1 aromatic heterocycles. The first-order valence-corrected chi connectivity index (χ1v) is 11.4. The lowest BCUT2D eigenvalue weighted by Crippen LogP contribution is -2.15. The van der Waals surface area contributed by atoms with Crippen LogP contribution in [0.25, 0.3) is 16.9 Å². The first-order chi connectivity index (χ1) is 18.1. The Bertz CT molecular complexity index is 1370. The van der Waals surface area contributed by atoms with E-state index in [1.54, 1.807) is 42.5 Å². The number of carbonyl (C=O) groups is 2. The maximum atomic E-state index is 12.9. The normalized spacial score (nSPS) is 10.5. The summed E-state index contributed by atoms with van der Waals surface area (Å²) in [6.07, 6.45) is 0. The topological polar surface area (TPSA) is 98.1 Å². The number of esters is 2. The molecule has 9 heteroatoms. The van der Waals surface area contributed by atoms with Crippen LogP contribution in [0.5, 0.6) is 17.2 Å². The predicted octanol–water partition coefficient (Wildman–Crippen LogP) is 4.58. The number of nitrogens with zero attached hydrogens (tertiary/aromatic N) is 2. The number of ether oxygens (including phenoxy) is 5. The summed E-state index contributed by atoms with van der Waals surface area (Å²) >= 11 is 0. The standard InChI is InChI=1S/C28H26N2O7/c1-33-23-18-19(14-15-22(23)37-17-16-36-21-12-8-5-9-13-21)25-24(27(31)34-2)26(28(32)35-3)30(29-25)20-10-6-4-7-11-20/h4-15,18H,16-17H2,1-3H3. The van der Waals surface area contributed by atoms with Crippen LogP contribution < -0.4 is 14.2 Å². The Morgan fingerprint density at radius 2 is 1.41 bits per heavy atom. The molecule has 0 spiro atoms. The molecule has 0 unspecified atom stereocenters. The summed E-state index contributed by atoms with van der Waals surface area (Å²) in [7, 11) is 3.99. The highest BCUT2D eigenvalue weighted by molar-refractivity contribution is 6.06. The third kappa shape index (κ3) is 5.56. The highest BCUT2D eigenvalue weighted by Crippen LogP contribution is 2.35. The molecule has 3 aromatic carbocycles. The highest BCUT2D eigenvalue weighted by atomic mass is 16.5. The van der Waals surface area contributed by atoms with Crippen molar-refractivity contribution in [3.63, 3.8) is 0 Å². The monoisotopic (exact) mass is 502 g/mol. The first-order valence-electron chi connectivity index (χ1n) is 11.4. The van der Waals surface area contributed by atoms with Crippen molar-refractivity contribution in [2.24, 2.45) is 0 Å². The van der Waals surface area contributed by atoms with Crippen molar-refractivity contribution in [2.45, 2.75) is 0 Å². The summed E-state index contributed by atoms with van der Waals surface area (Å²) in [5, 5.41) is 4.60. The van der Waals surface area contributed by atoms with Gasteiger partial charge in [0.2, 0.25) is 0 Å². The summed E-state index contributed by atoms with van der Waals surface area (Å²) in [4.78, 5) is 25.6. The van der Waals surface area contributed by atoms with Gasteiger partial charge in [0.15, 0.2) is 17.2 Å². The summed E-state index contributed by atoms with van der Waals surface area (Å²) < 4.78 is 28.4. The van der Waals surface area contributed by atoms with E-state index in [9.17, 15) is 9.59 Å². The number of hydrogen-bond donors (Lipinski definition) is 0. The Balaban J connectivity index is 1.68. The van der Waals surface area contributed by atoms with Gasteiger partial charge in [-0.25, -0.2) is 14.3 Å². The second kappa shape index (κ2) is 11.8. The molecule has 0 aliphatic rings. The zero-order chi connectivity index (χ0) is 26.2. The zero-order valence-electron chi connectivity index (χ0n) is 20.7. The van der Waals surface area contributed by atoms with Crippen LogP contribution in [0.4, 0.5) is 0 Å². The van der Waals surface area contributed by atoms with E-state index in [0.29, 0.717) is 29.4 Å². The lowest BCUT2D eigenvalue weighted by Gasteiger charge is -2.13. The minimum absolute atomic E-state index is 0.0230. The molecule has 190 valence electrons. The number of carbonyl (C=O) groups excluding carboxylic acids is 2. The van der Waals surface area contributed by atoms with E-state index in [2.05, 4.69) is 5.10 Å². The van der Waals surface area contributed by atoms with Gasteiger partial charge in [0, 0.05) is 5.56 Å². The summed E-state index contributed by atoms with van der Waals surface area (Å²) in [5.74, 6) is 0.197. The fraction of sp³-hybridized carbons (Fsp3) is 0.179. The third-order valence-corrected chi connectivity index (χ3v) is 5.44. The largest absolute Gasteiger partial charge is 0.493 e. The van der Waals surface area contributed by atoms with E-state index in [4.69, 9.17) is 23.7 Å². The van der Waals surface area contributed by atoms with Crippen LogP contribution in [0, 0.1) is 0 Å². The van der Waals surface area contributed by atoms with Gasteiger partial charge in [0.1, 0.15) is 30.2 Å². The van der Waals surface area contributed by atoms with Crippen molar-refractivity contribution >= 4 is 11.9 Å². The second-order valence-corrected chi connectivity index (χ2v) is 7.68. The van der Waals surface area contributed by atoms with E-state index in [1.165, 1.54) is 26.0 Å². The summed E-state index contributed by atoms with van der Waals surface area (Å²) in [5.41, 5.74) is 1.25. The molecular weight excluding hydrogens is 476 g/mol. The van der Waals surface area contributed by atoms with Gasteiger partial charge in [-0.1, -0.05) is 36.4 Å². The van der Waals surface area contributed by atoms with E-state index in [1.807, 2.05) is 36.4 Å². The van der Waals surface area contributed by atoms with E-state index < -0.39 is 11.9 Å². The molecule has 0 saturated heterocycles. The Morgan fingerprint density at radius 3 is 2.05 bits per heavy atom. The van der Waals surface area contributed by atoms with Crippen molar-refractivity contribution in [3.8, 4) is 34.2 Å². The molecule has 0 atom stereocenters. The van der Waals surface area contributed by atoms with Crippen LogP contribution in [-0.4, -0.2) is 56.3 Å². The molecule has 0 radical (unpaired) electrons. The van der Waals surface area contributed by atoms with Gasteiger partial charge in [0.05, 0.1) is 27.0 Å². The molecule has 0 aliphatic heterocycles. The van der Waals surface area contributed by atoms with Gasteiger partial charge in [0.25, 0.3) is 0 Å². The molecule has 4 rings (SSSR count). The minimum Gasteiger partial charge on any atom is -0.493 e. The third-order valence-electron chi connectivity index (χ3n) is 5.44. The average Bonchev–Trinajstić information content (AvgIpc) is 3.36. The van der Waals surface area contributed by atoms with Gasteiger partial charge in [-0.3, -0.25) is 0 Å². The first kappa shape index (κ1) is 25.3. The number of hydrogen-bond acceptors (Lipinski definition) is 8. The maximum absolute atomic E-state index is 12.9. The SMILES string of the molecule is COC(=O)c1c(-c2ccc(OCCOc3ccccc3)c(OC)c2)nn(-c2ccccc2)c1C(=O)OC. The zero-order valence-corrected chi connectivity index (χ0v) is 20.7. The molecule has 4 aromatic rings. The van der Waals surface area contributed by atoms with Crippen LogP contribution >= 0.6 is 0 Å². The van der Waals surface area contributed by atoms with Crippen LogP contribution in [0.3, 0.4) is 0 Å².